The molecule has 7 nitrogen and oxygen atoms in total. The summed E-state index contributed by atoms with van der Waals surface area (Å²) in [6.45, 7) is 1.92. The minimum atomic E-state index is -0.318. The smallest absolute Gasteiger partial charge is 0.251 e. The van der Waals surface area contributed by atoms with Gasteiger partial charge in [-0.2, -0.15) is 0 Å². The zero-order valence-corrected chi connectivity index (χ0v) is 17.5. The fourth-order valence-corrected chi connectivity index (χ4v) is 3.52. The van der Waals surface area contributed by atoms with Crippen LogP contribution in [-0.4, -0.2) is 44.9 Å². The van der Waals surface area contributed by atoms with Crippen LogP contribution in [0.3, 0.4) is 0 Å². The van der Waals surface area contributed by atoms with Crippen LogP contribution in [0.4, 0.5) is 5.69 Å². The topological polar surface area (TPSA) is 82.9 Å². The number of nitrogens with one attached hydrogen (secondary N) is 3. The molecule has 1 aliphatic heterocycles. The van der Waals surface area contributed by atoms with Gasteiger partial charge in [-0.1, -0.05) is 24.3 Å². The van der Waals surface area contributed by atoms with Gasteiger partial charge in [0.15, 0.2) is 0 Å². The molecule has 0 radical (unpaired) electrons. The van der Waals surface area contributed by atoms with E-state index < -0.39 is 0 Å². The van der Waals surface area contributed by atoms with Gasteiger partial charge in [0.25, 0.3) is 5.91 Å². The van der Waals surface area contributed by atoms with Crippen molar-refractivity contribution in [2.45, 2.75) is 25.9 Å². The van der Waals surface area contributed by atoms with Crippen molar-refractivity contribution in [2.24, 2.45) is 0 Å². The zero-order valence-electron chi connectivity index (χ0n) is 17.5. The third-order valence-corrected chi connectivity index (χ3v) is 5.06. The molecule has 7 heteroatoms. The molecule has 0 aliphatic carbocycles. The van der Waals surface area contributed by atoms with Crippen molar-refractivity contribution in [3.63, 3.8) is 0 Å². The molecule has 1 saturated heterocycles. The SMILES string of the molecule is C[NH+](C)Cc1ccccc1CNC(=O)CNC(=O)c1ccc(N2CCCC2=O)cc1. The third kappa shape index (κ3) is 5.67. The summed E-state index contributed by atoms with van der Waals surface area (Å²) in [5, 5.41) is 5.51. The van der Waals surface area contributed by atoms with Crippen LogP contribution < -0.4 is 20.4 Å². The molecule has 1 fully saturated rings. The standard InChI is InChI=1S/C23H28N4O3/c1-26(2)16-19-7-4-3-6-18(19)14-24-21(28)15-25-23(30)17-9-11-20(12-10-17)27-13-5-8-22(27)29/h3-4,6-7,9-12H,5,8,13-16H2,1-2H3,(H,24,28)(H,25,30)/p+1. The van der Waals surface area contributed by atoms with Crippen molar-refractivity contribution < 1.29 is 19.3 Å². The molecular weight excluding hydrogens is 380 g/mol. The Labute approximate surface area is 177 Å². The van der Waals surface area contributed by atoms with E-state index in [4.69, 9.17) is 0 Å². The summed E-state index contributed by atoms with van der Waals surface area (Å²) in [6.07, 6.45) is 1.43. The second-order valence-electron chi connectivity index (χ2n) is 7.81. The Morgan fingerprint density at radius 1 is 1.00 bits per heavy atom. The highest BCUT2D eigenvalue weighted by Gasteiger charge is 2.21. The molecule has 2 aromatic carbocycles. The quantitative estimate of drug-likeness (QED) is 0.594. The second-order valence-corrected chi connectivity index (χ2v) is 7.81. The van der Waals surface area contributed by atoms with Crippen LogP contribution in [0.2, 0.25) is 0 Å². The van der Waals surface area contributed by atoms with E-state index in [2.05, 4.69) is 30.8 Å². The van der Waals surface area contributed by atoms with E-state index in [1.165, 1.54) is 10.5 Å². The molecule has 0 saturated carbocycles. The summed E-state index contributed by atoms with van der Waals surface area (Å²) in [7, 11) is 4.17. The largest absolute Gasteiger partial charge is 0.350 e. The highest BCUT2D eigenvalue weighted by Crippen LogP contribution is 2.21. The second kappa shape index (κ2) is 10.0. The lowest BCUT2D eigenvalue weighted by molar-refractivity contribution is -0.872. The number of rotatable bonds is 8. The Bertz CT molecular complexity index is 909. The van der Waals surface area contributed by atoms with Crippen LogP contribution in [0.25, 0.3) is 0 Å². The lowest BCUT2D eigenvalue weighted by Gasteiger charge is -2.16. The van der Waals surface area contributed by atoms with Gasteiger partial charge in [-0.3, -0.25) is 14.4 Å². The summed E-state index contributed by atoms with van der Waals surface area (Å²) in [5.41, 5.74) is 3.52. The van der Waals surface area contributed by atoms with Crippen LogP contribution in [0.1, 0.15) is 34.3 Å². The zero-order chi connectivity index (χ0) is 21.5. The highest BCUT2D eigenvalue weighted by atomic mass is 16.2. The van der Waals surface area contributed by atoms with Gasteiger partial charge < -0.3 is 20.4 Å². The maximum atomic E-state index is 12.3. The van der Waals surface area contributed by atoms with Crippen LogP contribution in [0.15, 0.2) is 48.5 Å². The first kappa shape index (κ1) is 21.5. The van der Waals surface area contributed by atoms with Crippen molar-refractivity contribution in [3.05, 3.63) is 65.2 Å². The predicted molar refractivity (Wildman–Crippen MR) is 115 cm³/mol. The first-order valence-corrected chi connectivity index (χ1v) is 10.2. The molecule has 2 aromatic rings. The van der Waals surface area contributed by atoms with Crippen molar-refractivity contribution in [2.75, 3.05) is 32.1 Å². The van der Waals surface area contributed by atoms with E-state index in [1.54, 1.807) is 29.2 Å². The van der Waals surface area contributed by atoms with E-state index in [-0.39, 0.29) is 24.3 Å². The maximum Gasteiger partial charge on any atom is 0.251 e. The minimum absolute atomic E-state index is 0.0910. The molecular formula is C23H29N4O3+. The molecule has 0 aromatic heterocycles. The monoisotopic (exact) mass is 409 g/mol. The Kier molecular flexibility index (Phi) is 7.19. The molecule has 3 rings (SSSR count). The van der Waals surface area contributed by atoms with Gasteiger partial charge in [0, 0.05) is 36.3 Å². The van der Waals surface area contributed by atoms with Gasteiger partial charge in [0.2, 0.25) is 11.8 Å². The highest BCUT2D eigenvalue weighted by molar-refractivity contribution is 5.98. The molecule has 3 N–H and O–H groups in total. The van der Waals surface area contributed by atoms with Gasteiger partial charge >= 0.3 is 0 Å². The van der Waals surface area contributed by atoms with E-state index in [0.717, 1.165) is 24.2 Å². The number of carbonyl (C=O) groups is 3. The summed E-state index contributed by atoms with van der Waals surface area (Å²) in [5.74, 6) is -0.451. The molecule has 0 spiro atoms. The molecule has 3 amide bonds. The summed E-state index contributed by atoms with van der Waals surface area (Å²) >= 11 is 0. The fourth-order valence-electron chi connectivity index (χ4n) is 3.52. The molecule has 30 heavy (non-hydrogen) atoms. The van der Waals surface area contributed by atoms with Crippen LogP contribution in [-0.2, 0) is 22.7 Å². The molecule has 158 valence electrons. The van der Waals surface area contributed by atoms with Crippen molar-refractivity contribution in [3.8, 4) is 0 Å². The number of carbonyl (C=O) groups excluding carboxylic acids is 3. The Balaban J connectivity index is 1.48. The first-order valence-electron chi connectivity index (χ1n) is 10.2. The van der Waals surface area contributed by atoms with E-state index in [1.807, 2.05) is 18.2 Å². The van der Waals surface area contributed by atoms with Gasteiger partial charge in [-0.05, 0) is 36.2 Å². The maximum absolute atomic E-state index is 12.3. The average Bonchev–Trinajstić information content (AvgIpc) is 3.17. The molecule has 0 bridgehead atoms. The Morgan fingerprint density at radius 2 is 1.70 bits per heavy atom. The van der Waals surface area contributed by atoms with Gasteiger partial charge in [-0.15, -0.1) is 0 Å². The number of nitrogens with zero attached hydrogens (tertiary/aromatic N) is 1. The number of hydrogen-bond donors (Lipinski definition) is 3. The van der Waals surface area contributed by atoms with Crippen molar-refractivity contribution in [1.82, 2.24) is 10.6 Å². The average molecular weight is 410 g/mol. The number of anilines is 1. The van der Waals surface area contributed by atoms with Gasteiger partial charge in [0.1, 0.15) is 6.54 Å². The van der Waals surface area contributed by atoms with Crippen LogP contribution in [0, 0.1) is 0 Å². The van der Waals surface area contributed by atoms with Crippen LogP contribution >= 0.6 is 0 Å². The molecule has 1 aliphatic rings. The molecule has 1 heterocycles. The number of benzene rings is 2. The van der Waals surface area contributed by atoms with Crippen molar-refractivity contribution >= 4 is 23.4 Å². The van der Waals surface area contributed by atoms with Crippen molar-refractivity contribution in [1.29, 1.82) is 0 Å². The Morgan fingerprint density at radius 3 is 2.33 bits per heavy atom. The lowest BCUT2D eigenvalue weighted by atomic mass is 10.1. The van der Waals surface area contributed by atoms with E-state index in [0.29, 0.717) is 25.1 Å². The number of amides is 3. The van der Waals surface area contributed by atoms with Crippen LogP contribution in [0.5, 0.6) is 0 Å². The number of quaternary nitrogens is 1. The molecule has 0 atom stereocenters. The van der Waals surface area contributed by atoms with Gasteiger partial charge in [0.05, 0.1) is 20.6 Å². The first-order chi connectivity index (χ1) is 14.4. The van der Waals surface area contributed by atoms with Gasteiger partial charge in [-0.25, -0.2) is 0 Å². The molecule has 0 unspecified atom stereocenters. The van der Waals surface area contributed by atoms with E-state index in [9.17, 15) is 14.4 Å². The summed E-state index contributed by atoms with van der Waals surface area (Å²) in [4.78, 5) is 39.3. The lowest BCUT2D eigenvalue weighted by Crippen LogP contribution is -3.04. The predicted octanol–water partition coefficient (Wildman–Crippen LogP) is 0.504. The summed E-state index contributed by atoms with van der Waals surface area (Å²) in [6, 6.07) is 14.9. The normalized spacial score (nSPS) is 13.6. The summed E-state index contributed by atoms with van der Waals surface area (Å²) < 4.78 is 0. The van der Waals surface area contributed by atoms with E-state index >= 15 is 0 Å². The minimum Gasteiger partial charge on any atom is -0.350 e. The third-order valence-electron chi connectivity index (χ3n) is 5.06. The number of hydrogen-bond acceptors (Lipinski definition) is 3. The fraction of sp³-hybridized carbons (Fsp3) is 0.348. The Hall–Kier alpha value is -3.19.